The van der Waals surface area contributed by atoms with E-state index < -0.39 is 16.1 Å². The first-order chi connectivity index (χ1) is 13.0. The van der Waals surface area contributed by atoms with Gasteiger partial charge in [-0.25, -0.2) is 8.42 Å². The molecule has 3 N–H and O–H groups in total. The van der Waals surface area contributed by atoms with Crippen LogP contribution in [0.4, 0.5) is 11.4 Å². The second-order valence-corrected chi connectivity index (χ2v) is 9.31. The molecule has 158 valence electrons. The molecule has 9 heteroatoms. The first-order valence-corrected chi connectivity index (χ1v) is 10.9. The van der Waals surface area contributed by atoms with Gasteiger partial charge in [0, 0.05) is 18.2 Å². The molecule has 1 aromatic carbocycles. The Hall–Kier alpha value is -2.29. The topological polar surface area (TPSA) is 114 Å². The van der Waals surface area contributed by atoms with E-state index in [2.05, 4.69) is 15.4 Å². The van der Waals surface area contributed by atoms with E-state index in [4.69, 9.17) is 4.74 Å². The molecule has 0 aliphatic carbocycles. The normalized spacial score (nSPS) is 12.6. The summed E-state index contributed by atoms with van der Waals surface area (Å²) in [6.07, 6.45) is 0.344. The minimum Gasteiger partial charge on any atom is -0.494 e. The maximum atomic E-state index is 12.7. The zero-order chi connectivity index (χ0) is 21.5. The van der Waals surface area contributed by atoms with Crippen LogP contribution in [0, 0.1) is 11.8 Å². The monoisotopic (exact) mass is 413 g/mol. The summed E-state index contributed by atoms with van der Waals surface area (Å²) in [5, 5.41) is 5.52. The molecule has 1 atom stereocenters. The second kappa shape index (κ2) is 10.3. The van der Waals surface area contributed by atoms with Crippen LogP contribution in [0.25, 0.3) is 0 Å². The third kappa shape index (κ3) is 7.38. The Kier molecular flexibility index (Phi) is 8.74. The minimum absolute atomic E-state index is 0.0687. The van der Waals surface area contributed by atoms with E-state index in [1.807, 2.05) is 27.7 Å². The highest BCUT2D eigenvalue weighted by Gasteiger charge is 2.25. The number of carbonyl (C=O) groups excluding carboxylic acids is 2. The van der Waals surface area contributed by atoms with Gasteiger partial charge in [-0.2, -0.15) is 0 Å². The number of hydrogen-bond donors (Lipinski definition) is 3. The molecule has 0 saturated carbocycles. The van der Waals surface area contributed by atoms with Gasteiger partial charge in [-0.3, -0.25) is 14.3 Å². The molecule has 0 bridgehead atoms. The Morgan fingerprint density at radius 1 is 1.14 bits per heavy atom. The Morgan fingerprint density at radius 3 is 2.29 bits per heavy atom. The standard InChI is InChI=1S/C19H31N3O5S/c1-7-28(25,26)22-15-9-8-14(11-16(15)27-6)20-19(24)18(13(4)5)21-17(23)10-12(2)3/h8-9,11-13,18,22H,7,10H2,1-6H3,(H,20,24)(H,21,23). The highest BCUT2D eigenvalue weighted by atomic mass is 32.2. The fraction of sp³-hybridized carbons (Fsp3) is 0.579. The molecule has 1 aromatic rings. The lowest BCUT2D eigenvalue weighted by Gasteiger charge is -2.22. The Morgan fingerprint density at radius 2 is 1.79 bits per heavy atom. The van der Waals surface area contributed by atoms with Crippen molar-refractivity contribution < 1.29 is 22.7 Å². The lowest BCUT2D eigenvalue weighted by atomic mass is 10.0. The van der Waals surface area contributed by atoms with Crippen molar-refractivity contribution in [1.29, 1.82) is 0 Å². The van der Waals surface area contributed by atoms with E-state index in [1.54, 1.807) is 6.07 Å². The number of anilines is 2. The second-order valence-electron chi connectivity index (χ2n) is 7.30. The SMILES string of the molecule is CCS(=O)(=O)Nc1ccc(NC(=O)C(NC(=O)CC(C)C)C(C)C)cc1OC. The smallest absolute Gasteiger partial charge is 0.247 e. The molecule has 28 heavy (non-hydrogen) atoms. The summed E-state index contributed by atoms with van der Waals surface area (Å²) in [6, 6.07) is 3.93. The molecule has 0 aromatic heterocycles. The quantitative estimate of drug-likeness (QED) is 0.546. The number of amides is 2. The van der Waals surface area contributed by atoms with Gasteiger partial charge >= 0.3 is 0 Å². The van der Waals surface area contributed by atoms with Crippen LogP contribution in [0.1, 0.15) is 41.0 Å². The maximum absolute atomic E-state index is 12.7. The van der Waals surface area contributed by atoms with Gasteiger partial charge in [0.15, 0.2) is 0 Å². The number of ether oxygens (including phenoxy) is 1. The highest BCUT2D eigenvalue weighted by Crippen LogP contribution is 2.29. The molecular formula is C19H31N3O5S. The number of hydrogen-bond acceptors (Lipinski definition) is 5. The Labute approximate surface area is 167 Å². The Bertz CT molecular complexity index is 791. The fourth-order valence-electron chi connectivity index (χ4n) is 2.45. The highest BCUT2D eigenvalue weighted by molar-refractivity contribution is 7.92. The minimum atomic E-state index is -3.45. The number of rotatable bonds is 10. The predicted octanol–water partition coefficient (Wildman–Crippen LogP) is 2.58. The van der Waals surface area contributed by atoms with Crippen molar-refractivity contribution in [3.63, 3.8) is 0 Å². The predicted molar refractivity (Wildman–Crippen MR) is 111 cm³/mol. The van der Waals surface area contributed by atoms with Gasteiger partial charge in [-0.05, 0) is 30.9 Å². The van der Waals surface area contributed by atoms with E-state index >= 15 is 0 Å². The summed E-state index contributed by atoms with van der Waals surface area (Å²) in [4.78, 5) is 24.7. The van der Waals surface area contributed by atoms with Crippen LogP contribution in [0.5, 0.6) is 5.75 Å². The van der Waals surface area contributed by atoms with Crippen LogP contribution < -0.4 is 20.1 Å². The summed E-state index contributed by atoms with van der Waals surface area (Å²) < 4.78 is 31.2. The molecule has 2 amide bonds. The van der Waals surface area contributed by atoms with Crippen molar-refractivity contribution in [2.75, 3.05) is 22.9 Å². The third-order valence-corrected chi connectivity index (χ3v) is 5.26. The van der Waals surface area contributed by atoms with Crippen molar-refractivity contribution in [2.45, 2.75) is 47.1 Å². The van der Waals surface area contributed by atoms with Crippen molar-refractivity contribution >= 4 is 33.2 Å². The molecule has 0 saturated heterocycles. The van der Waals surface area contributed by atoms with Gasteiger partial charge in [0.05, 0.1) is 18.6 Å². The van der Waals surface area contributed by atoms with E-state index in [-0.39, 0.29) is 40.8 Å². The lowest BCUT2D eigenvalue weighted by Crippen LogP contribution is -2.47. The van der Waals surface area contributed by atoms with E-state index in [0.717, 1.165) is 0 Å². The van der Waals surface area contributed by atoms with Crippen molar-refractivity contribution in [1.82, 2.24) is 5.32 Å². The molecule has 0 radical (unpaired) electrons. The zero-order valence-corrected chi connectivity index (χ0v) is 18.1. The van der Waals surface area contributed by atoms with Gasteiger partial charge in [0.2, 0.25) is 21.8 Å². The summed E-state index contributed by atoms with van der Waals surface area (Å²) in [5.41, 5.74) is 0.720. The van der Waals surface area contributed by atoms with Gasteiger partial charge in [0.1, 0.15) is 11.8 Å². The average Bonchev–Trinajstić information content (AvgIpc) is 2.59. The molecule has 0 heterocycles. The average molecular weight is 414 g/mol. The van der Waals surface area contributed by atoms with Crippen LogP contribution in [0.15, 0.2) is 18.2 Å². The molecule has 1 rings (SSSR count). The van der Waals surface area contributed by atoms with E-state index in [1.165, 1.54) is 26.2 Å². The largest absolute Gasteiger partial charge is 0.494 e. The number of methoxy groups -OCH3 is 1. The molecule has 1 unspecified atom stereocenters. The summed E-state index contributed by atoms with van der Waals surface area (Å²) in [5.74, 6) is -0.226. The van der Waals surface area contributed by atoms with Crippen LogP contribution >= 0.6 is 0 Å². The van der Waals surface area contributed by atoms with E-state index in [9.17, 15) is 18.0 Å². The first-order valence-electron chi connectivity index (χ1n) is 9.27. The van der Waals surface area contributed by atoms with E-state index in [0.29, 0.717) is 12.1 Å². The summed E-state index contributed by atoms with van der Waals surface area (Å²) >= 11 is 0. The number of sulfonamides is 1. The number of benzene rings is 1. The Balaban J connectivity index is 2.95. The molecule has 0 fully saturated rings. The van der Waals surface area contributed by atoms with Crippen molar-refractivity contribution in [2.24, 2.45) is 11.8 Å². The number of nitrogens with one attached hydrogen (secondary N) is 3. The summed E-state index contributed by atoms with van der Waals surface area (Å²) in [7, 11) is -2.04. The van der Waals surface area contributed by atoms with Crippen molar-refractivity contribution in [3.8, 4) is 5.75 Å². The molecule has 0 aliphatic rings. The zero-order valence-electron chi connectivity index (χ0n) is 17.3. The molecular weight excluding hydrogens is 382 g/mol. The molecule has 0 aliphatic heterocycles. The first kappa shape index (κ1) is 23.7. The van der Waals surface area contributed by atoms with Gasteiger partial charge in [-0.15, -0.1) is 0 Å². The maximum Gasteiger partial charge on any atom is 0.247 e. The molecule has 8 nitrogen and oxygen atoms in total. The number of carbonyl (C=O) groups is 2. The van der Waals surface area contributed by atoms with Gasteiger partial charge in [-0.1, -0.05) is 27.7 Å². The van der Waals surface area contributed by atoms with Crippen LogP contribution in [0.2, 0.25) is 0 Å². The van der Waals surface area contributed by atoms with Crippen LogP contribution in [-0.2, 0) is 19.6 Å². The van der Waals surface area contributed by atoms with Crippen LogP contribution in [-0.4, -0.2) is 39.1 Å². The lowest BCUT2D eigenvalue weighted by molar-refractivity contribution is -0.127. The summed E-state index contributed by atoms with van der Waals surface area (Å²) in [6.45, 7) is 9.10. The third-order valence-electron chi connectivity index (χ3n) is 3.97. The van der Waals surface area contributed by atoms with Crippen molar-refractivity contribution in [3.05, 3.63) is 18.2 Å². The molecule has 0 spiro atoms. The van der Waals surface area contributed by atoms with Gasteiger partial charge in [0.25, 0.3) is 0 Å². The van der Waals surface area contributed by atoms with Gasteiger partial charge < -0.3 is 15.4 Å². The fourth-order valence-corrected chi connectivity index (χ4v) is 3.10. The van der Waals surface area contributed by atoms with Crippen LogP contribution in [0.3, 0.4) is 0 Å².